The first kappa shape index (κ1) is 14.9. The number of carbonyl (C=O) groups excluding carboxylic acids is 1. The molecular formula is C13H19ClN2O2. The number of hydrogen-bond acceptors (Lipinski definition) is 3. The predicted molar refractivity (Wildman–Crippen MR) is 72.0 cm³/mol. The maximum Gasteiger partial charge on any atom is 0.251 e. The van der Waals surface area contributed by atoms with E-state index in [0.29, 0.717) is 17.1 Å². The van der Waals surface area contributed by atoms with Crippen molar-refractivity contribution in [3.8, 4) is 0 Å². The van der Waals surface area contributed by atoms with Gasteiger partial charge in [0.1, 0.15) is 5.15 Å². The van der Waals surface area contributed by atoms with Crippen molar-refractivity contribution in [1.29, 1.82) is 0 Å². The third-order valence-corrected chi connectivity index (χ3v) is 2.91. The number of aromatic nitrogens is 1. The van der Waals surface area contributed by atoms with E-state index >= 15 is 0 Å². The second kappa shape index (κ2) is 6.71. The van der Waals surface area contributed by atoms with E-state index in [2.05, 4.69) is 10.3 Å². The molecule has 100 valence electrons. The molecule has 0 saturated carbocycles. The molecule has 0 fully saturated rings. The van der Waals surface area contributed by atoms with Crippen LogP contribution in [0.2, 0.25) is 5.15 Å². The van der Waals surface area contributed by atoms with Gasteiger partial charge in [0.25, 0.3) is 5.91 Å². The van der Waals surface area contributed by atoms with E-state index in [1.165, 1.54) is 6.07 Å². The molecule has 1 atom stereocenters. The van der Waals surface area contributed by atoms with Gasteiger partial charge in [0.05, 0.1) is 12.6 Å². The van der Waals surface area contributed by atoms with Crippen molar-refractivity contribution in [2.75, 3.05) is 6.61 Å². The highest BCUT2D eigenvalue weighted by molar-refractivity contribution is 6.29. The van der Waals surface area contributed by atoms with Crippen molar-refractivity contribution in [3.05, 3.63) is 28.5 Å². The molecule has 0 aromatic carbocycles. The van der Waals surface area contributed by atoms with Crippen molar-refractivity contribution in [2.45, 2.75) is 39.2 Å². The molecular weight excluding hydrogens is 252 g/mol. The molecule has 0 aliphatic rings. The molecule has 18 heavy (non-hydrogen) atoms. The molecule has 0 bridgehead atoms. The Morgan fingerprint density at radius 3 is 2.67 bits per heavy atom. The van der Waals surface area contributed by atoms with Crippen LogP contribution in [0.1, 0.15) is 49.2 Å². The largest absolute Gasteiger partial charge is 0.394 e. The van der Waals surface area contributed by atoms with Gasteiger partial charge in [0.2, 0.25) is 0 Å². The van der Waals surface area contributed by atoms with Crippen LogP contribution >= 0.6 is 11.6 Å². The van der Waals surface area contributed by atoms with Crippen LogP contribution in [0, 0.1) is 0 Å². The second-order valence-corrected chi connectivity index (χ2v) is 4.91. The Morgan fingerprint density at radius 1 is 1.50 bits per heavy atom. The van der Waals surface area contributed by atoms with Crippen molar-refractivity contribution in [2.24, 2.45) is 0 Å². The monoisotopic (exact) mass is 270 g/mol. The van der Waals surface area contributed by atoms with Gasteiger partial charge in [-0.15, -0.1) is 0 Å². The fourth-order valence-corrected chi connectivity index (χ4v) is 1.70. The lowest BCUT2D eigenvalue weighted by molar-refractivity contribution is 0.0914. The SMILES string of the molecule is CC[C@H](CO)NC(=O)c1cc(Cl)nc(C(C)C)c1. The number of carbonyl (C=O) groups is 1. The summed E-state index contributed by atoms with van der Waals surface area (Å²) in [5.74, 6) is -0.0304. The molecule has 0 saturated heterocycles. The number of aliphatic hydroxyl groups excluding tert-OH is 1. The van der Waals surface area contributed by atoms with Gasteiger partial charge < -0.3 is 10.4 Å². The third-order valence-electron chi connectivity index (χ3n) is 2.72. The molecule has 4 nitrogen and oxygen atoms in total. The van der Waals surface area contributed by atoms with Crippen LogP contribution in [0.5, 0.6) is 0 Å². The Bertz CT molecular complexity index is 417. The second-order valence-electron chi connectivity index (χ2n) is 4.52. The Kier molecular flexibility index (Phi) is 5.56. The minimum atomic E-state index is -0.234. The lowest BCUT2D eigenvalue weighted by Gasteiger charge is -2.15. The zero-order valence-electron chi connectivity index (χ0n) is 10.9. The summed E-state index contributed by atoms with van der Waals surface area (Å²) >= 11 is 5.90. The van der Waals surface area contributed by atoms with Crippen LogP contribution in [0.3, 0.4) is 0 Å². The van der Waals surface area contributed by atoms with Crippen LogP contribution in [0.25, 0.3) is 0 Å². The average molecular weight is 271 g/mol. The quantitative estimate of drug-likeness (QED) is 0.808. The summed E-state index contributed by atoms with van der Waals surface area (Å²) < 4.78 is 0. The van der Waals surface area contributed by atoms with E-state index in [9.17, 15) is 4.79 Å². The van der Waals surface area contributed by atoms with E-state index < -0.39 is 0 Å². The number of pyridine rings is 1. The first-order chi connectivity index (χ1) is 8.47. The first-order valence-corrected chi connectivity index (χ1v) is 6.44. The van der Waals surface area contributed by atoms with E-state index in [-0.39, 0.29) is 24.5 Å². The summed E-state index contributed by atoms with van der Waals surface area (Å²) in [6.45, 7) is 5.81. The predicted octanol–water partition coefficient (Wildman–Crippen LogP) is 2.36. The maximum absolute atomic E-state index is 12.0. The van der Waals surface area contributed by atoms with Gasteiger partial charge in [-0.05, 0) is 24.5 Å². The normalized spacial score (nSPS) is 12.6. The molecule has 0 unspecified atom stereocenters. The summed E-state index contributed by atoms with van der Waals surface area (Å²) in [6.07, 6.45) is 0.679. The summed E-state index contributed by atoms with van der Waals surface area (Å²) in [5, 5.41) is 12.1. The van der Waals surface area contributed by atoms with Crippen LogP contribution in [-0.2, 0) is 0 Å². The zero-order valence-corrected chi connectivity index (χ0v) is 11.7. The molecule has 0 aliphatic carbocycles. The summed E-state index contributed by atoms with van der Waals surface area (Å²) in [7, 11) is 0. The van der Waals surface area contributed by atoms with Crippen LogP contribution < -0.4 is 5.32 Å². The smallest absolute Gasteiger partial charge is 0.251 e. The van der Waals surface area contributed by atoms with Gasteiger partial charge in [-0.1, -0.05) is 32.4 Å². The van der Waals surface area contributed by atoms with Crippen molar-refractivity contribution in [1.82, 2.24) is 10.3 Å². The summed E-state index contributed by atoms with van der Waals surface area (Å²) in [4.78, 5) is 16.2. The molecule has 5 heteroatoms. The van der Waals surface area contributed by atoms with E-state index in [4.69, 9.17) is 16.7 Å². The Labute approximate surface area is 112 Å². The lowest BCUT2D eigenvalue weighted by atomic mass is 10.1. The van der Waals surface area contributed by atoms with Crippen LogP contribution in [0.4, 0.5) is 0 Å². The van der Waals surface area contributed by atoms with Crippen LogP contribution in [-0.4, -0.2) is 28.6 Å². The van der Waals surface area contributed by atoms with Gasteiger partial charge in [-0.25, -0.2) is 4.98 Å². The highest BCUT2D eigenvalue weighted by Gasteiger charge is 2.14. The standard InChI is InChI=1S/C13H19ClN2O2/c1-4-10(7-17)15-13(18)9-5-11(8(2)3)16-12(14)6-9/h5-6,8,10,17H,4,7H2,1-3H3,(H,15,18)/t10-/m1/s1. The number of aliphatic hydroxyl groups is 1. The van der Waals surface area contributed by atoms with Crippen molar-refractivity contribution >= 4 is 17.5 Å². The minimum absolute atomic E-state index is 0.0713. The molecule has 2 N–H and O–H groups in total. The van der Waals surface area contributed by atoms with Crippen molar-refractivity contribution < 1.29 is 9.90 Å². The van der Waals surface area contributed by atoms with Gasteiger partial charge in [0.15, 0.2) is 0 Å². The Morgan fingerprint density at radius 2 is 2.17 bits per heavy atom. The molecule has 1 aromatic heterocycles. The fraction of sp³-hybridized carbons (Fsp3) is 0.538. The molecule has 0 aliphatic heterocycles. The number of hydrogen-bond donors (Lipinski definition) is 2. The van der Waals surface area contributed by atoms with Gasteiger partial charge >= 0.3 is 0 Å². The average Bonchev–Trinajstić information content (AvgIpc) is 2.34. The number of rotatable bonds is 5. The number of halogens is 1. The molecule has 1 aromatic rings. The minimum Gasteiger partial charge on any atom is -0.394 e. The first-order valence-electron chi connectivity index (χ1n) is 6.07. The lowest BCUT2D eigenvalue weighted by Crippen LogP contribution is -2.37. The highest BCUT2D eigenvalue weighted by atomic mass is 35.5. The van der Waals surface area contributed by atoms with Crippen LogP contribution in [0.15, 0.2) is 12.1 Å². The fourth-order valence-electron chi connectivity index (χ4n) is 1.49. The molecule has 1 rings (SSSR count). The van der Waals surface area contributed by atoms with Gasteiger partial charge in [-0.2, -0.15) is 0 Å². The maximum atomic E-state index is 12.0. The van der Waals surface area contributed by atoms with Gasteiger partial charge in [0, 0.05) is 11.3 Å². The molecule has 1 amide bonds. The van der Waals surface area contributed by atoms with Gasteiger partial charge in [-0.3, -0.25) is 4.79 Å². The zero-order chi connectivity index (χ0) is 13.7. The molecule has 0 spiro atoms. The summed E-state index contributed by atoms with van der Waals surface area (Å²) in [5.41, 5.74) is 1.26. The number of nitrogens with zero attached hydrogens (tertiary/aromatic N) is 1. The molecule has 0 radical (unpaired) electrons. The number of amides is 1. The Balaban J connectivity index is 2.91. The third kappa shape index (κ3) is 3.96. The summed E-state index contributed by atoms with van der Waals surface area (Å²) in [6, 6.07) is 3.04. The number of nitrogens with one attached hydrogen (secondary N) is 1. The Hall–Kier alpha value is -1.13. The van der Waals surface area contributed by atoms with E-state index in [0.717, 1.165) is 5.69 Å². The topological polar surface area (TPSA) is 62.2 Å². The molecule has 1 heterocycles. The highest BCUT2D eigenvalue weighted by Crippen LogP contribution is 2.17. The van der Waals surface area contributed by atoms with E-state index in [1.807, 2.05) is 20.8 Å². The van der Waals surface area contributed by atoms with E-state index in [1.54, 1.807) is 6.07 Å². The van der Waals surface area contributed by atoms with Crippen molar-refractivity contribution in [3.63, 3.8) is 0 Å².